The van der Waals surface area contributed by atoms with Crippen LogP contribution in [0, 0.1) is 6.92 Å². The number of pyridine rings is 1. The molecular formula is C18H24N4O2S. The van der Waals surface area contributed by atoms with E-state index >= 15 is 0 Å². The summed E-state index contributed by atoms with van der Waals surface area (Å²) in [4.78, 5) is 22.1. The lowest BCUT2D eigenvalue weighted by atomic mass is 10.2. The molecule has 0 saturated heterocycles. The first-order valence-corrected chi connectivity index (χ1v) is 9.47. The molecule has 134 valence electrons. The second kappa shape index (κ2) is 8.40. The van der Waals surface area contributed by atoms with E-state index in [0.717, 1.165) is 29.2 Å². The zero-order valence-corrected chi connectivity index (χ0v) is 15.5. The molecule has 1 aliphatic carbocycles. The van der Waals surface area contributed by atoms with E-state index in [1.54, 1.807) is 6.20 Å². The monoisotopic (exact) mass is 360 g/mol. The van der Waals surface area contributed by atoms with Gasteiger partial charge in [0.25, 0.3) is 0 Å². The number of aryl methyl sites for hydroxylation is 1. The van der Waals surface area contributed by atoms with E-state index in [9.17, 15) is 4.79 Å². The van der Waals surface area contributed by atoms with Gasteiger partial charge in [0, 0.05) is 29.8 Å². The van der Waals surface area contributed by atoms with Crippen molar-refractivity contribution < 1.29 is 9.53 Å². The average Bonchev–Trinajstić information content (AvgIpc) is 3.19. The zero-order chi connectivity index (χ0) is 17.6. The van der Waals surface area contributed by atoms with E-state index in [1.165, 1.54) is 24.2 Å². The Labute approximate surface area is 152 Å². The maximum Gasteiger partial charge on any atom is 0.232 e. The average molecular weight is 360 g/mol. The normalized spacial score (nSPS) is 14.6. The van der Waals surface area contributed by atoms with Crippen molar-refractivity contribution in [1.82, 2.24) is 15.3 Å². The van der Waals surface area contributed by atoms with Crippen LogP contribution in [0.3, 0.4) is 0 Å². The second-order valence-corrected chi connectivity index (χ2v) is 7.58. The number of anilines is 1. The summed E-state index contributed by atoms with van der Waals surface area (Å²) in [6.07, 6.45) is 6.89. The predicted molar refractivity (Wildman–Crippen MR) is 99.1 cm³/mol. The zero-order valence-electron chi connectivity index (χ0n) is 14.7. The SMILES string of the molecule is CNCc1cc(OC2CCCC2)cc(CC(=O)Nc2ncc(C)s2)n1. The van der Waals surface area contributed by atoms with Crippen molar-refractivity contribution in [2.24, 2.45) is 0 Å². The summed E-state index contributed by atoms with van der Waals surface area (Å²) in [5.41, 5.74) is 1.59. The molecule has 25 heavy (non-hydrogen) atoms. The molecule has 0 atom stereocenters. The lowest BCUT2D eigenvalue weighted by Crippen LogP contribution is -2.17. The fourth-order valence-corrected chi connectivity index (χ4v) is 3.67. The summed E-state index contributed by atoms with van der Waals surface area (Å²) in [5.74, 6) is 0.690. The number of rotatable bonds is 7. The van der Waals surface area contributed by atoms with Crippen molar-refractivity contribution in [2.45, 2.75) is 51.7 Å². The van der Waals surface area contributed by atoms with Gasteiger partial charge in [0.2, 0.25) is 5.91 Å². The van der Waals surface area contributed by atoms with Crippen LogP contribution in [0.25, 0.3) is 0 Å². The third-order valence-electron chi connectivity index (χ3n) is 4.08. The van der Waals surface area contributed by atoms with Gasteiger partial charge >= 0.3 is 0 Å². The second-order valence-electron chi connectivity index (χ2n) is 6.34. The van der Waals surface area contributed by atoms with Gasteiger partial charge in [0.05, 0.1) is 23.9 Å². The molecule has 0 spiro atoms. The van der Waals surface area contributed by atoms with Crippen LogP contribution in [0.4, 0.5) is 5.13 Å². The first-order chi connectivity index (χ1) is 12.1. The molecule has 7 heteroatoms. The van der Waals surface area contributed by atoms with Gasteiger partial charge < -0.3 is 15.4 Å². The molecule has 1 fully saturated rings. The molecule has 2 aromatic heterocycles. The molecule has 6 nitrogen and oxygen atoms in total. The molecule has 0 bridgehead atoms. The van der Waals surface area contributed by atoms with Gasteiger partial charge in [0.1, 0.15) is 5.75 Å². The van der Waals surface area contributed by atoms with E-state index in [-0.39, 0.29) is 18.4 Å². The standard InChI is InChI=1S/C18H24N4O2S/c1-12-10-20-18(25-12)22-17(23)9-13-7-16(8-14(21-13)11-19-2)24-15-5-3-4-6-15/h7-8,10,15,19H,3-6,9,11H2,1-2H3,(H,20,22,23). The van der Waals surface area contributed by atoms with E-state index in [1.807, 2.05) is 26.1 Å². The number of ether oxygens (including phenoxy) is 1. The fraction of sp³-hybridized carbons (Fsp3) is 0.500. The summed E-state index contributed by atoms with van der Waals surface area (Å²) < 4.78 is 6.10. The molecule has 0 aromatic carbocycles. The summed E-state index contributed by atoms with van der Waals surface area (Å²) in [6, 6.07) is 3.84. The van der Waals surface area contributed by atoms with Gasteiger partial charge in [-0.3, -0.25) is 9.78 Å². The number of hydrogen-bond acceptors (Lipinski definition) is 6. The molecule has 2 heterocycles. The van der Waals surface area contributed by atoms with Crippen LogP contribution in [-0.2, 0) is 17.8 Å². The number of nitrogens with zero attached hydrogens (tertiary/aromatic N) is 2. The Bertz CT molecular complexity index is 726. The molecular weight excluding hydrogens is 336 g/mol. The van der Waals surface area contributed by atoms with Crippen molar-refractivity contribution in [2.75, 3.05) is 12.4 Å². The molecule has 1 saturated carbocycles. The molecule has 1 aliphatic rings. The van der Waals surface area contributed by atoms with Crippen molar-refractivity contribution >= 4 is 22.4 Å². The van der Waals surface area contributed by atoms with E-state index in [2.05, 4.69) is 20.6 Å². The molecule has 0 unspecified atom stereocenters. The topological polar surface area (TPSA) is 76.1 Å². The van der Waals surface area contributed by atoms with Gasteiger partial charge in [-0.2, -0.15) is 0 Å². The highest BCUT2D eigenvalue weighted by Crippen LogP contribution is 2.25. The number of amides is 1. The number of thiazole rings is 1. The Hall–Kier alpha value is -1.99. The predicted octanol–water partition coefficient (Wildman–Crippen LogP) is 3.07. The van der Waals surface area contributed by atoms with Gasteiger partial charge in [-0.25, -0.2) is 4.98 Å². The third-order valence-corrected chi connectivity index (χ3v) is 4.91. The minimum atomic E-state index is -0.115. The van der Waals surface area contributed by atoms with Gasteiger partial charge in [-0.15, -0.1) is 11.3 Å². The van der Waals surface area contributed by atoms with Crippen LogP contribution < -0.4 is 15.4 Å². The Morgan fingerprint density at radius 2 is 2.08 bits per heavy atom. The van der Waals surface area contributed by atoms with E-state index < -0.39 is 0 Å². The Balaban J connectivity index is 1.69. The first kappa shape index (κ1) is 17.8. The Morgan fingerprint density at radius 1 is 1.32 bits per heavy atom. The maximum absolute atomic E-state index is 12.3. The third kappa shape index (κ3) is 5.24. The summed E-state index contributed by atoms with van der Waals surface area (Å²) in [6.45, 7) is 2.60. The minimum absolute atomic E-state index is 0.115. The number of hydrogen-bond donors (Lipinski definition) is 2. The van der Waals surface area contributed by atoms with E-state index in [0.29, 0.717) is 17.4 Å². The molecule has 1 amide bonds. The highest BCUT2D eigenvalue weighted by Gasteiger charge is 2.18. The van der Waals surface area contributed by atoms with Crippen LogP contribution in [0.1, 0.15) is 41.9 Å². The summed E-state index contributed by atoms with van der Waals surface area (Å²) in [7, 11) is 1.88. The van der Waals surface area contributed by atoms with Crippen LogP contribution in [0.2, 0.25) is 0 Å². The summed E-state index contributed by atoms with van der Waals surface area (Å²) >= 11 is 1.46. The Morgan fingerprint density at radius 3 is 2.76 bits per heavy atom. The van der Waals surface area contributed by atoms with Crippen LogP contribution in [0.5, 0.6) is 5.75 Å². The Kier molecular flexibility index (Phi) is 5.99. The van der Waals surface area contributed by atoms with E-state index in [4.69, 9.17) is 4.74 Å². The summed E-state index contributed by atoms with van der Waals surface area (Å²) in [5, 5.41) is 6.55. The van der Waals surface area contributed by atoms with Crippen molar-refractivity contribution in [3.05, 3.63) is 34.6 Å². The van der Waals surface area contributed by atoms with Gasteiger partial charge in [-0.1, -0.05) is 0 Å². The van der Waals surface area contributed by atoms with Crippen LogP contribution in [0.15, 0.2) is 18.3 Å². The lowest BCUT2D eigenvalue weighted by Gasteiger charge is -2.15. The molecule has 0 radical (unpaired) electrons. The minimum Gasteiger partial charge on any atom is -0.490 e. The fourth-order valence-electron chi connectivity index (χ4n) is 2.99. The number of carbonyl (C=O) groups excluding carboxylic acids is 1. The quantitative estimate of drug-likeness (QED) is 0.794. The first-order valence-electron chi connectivity index (χ1n) is 8.66. The van der Waals surface area contributed by atoms with Crippen molar-refractivity contribution in [1.29, 1.82) is 0 Å². The largest absolute Gasteiger partial charge is 0.490 e. The van der Waals surface area contributed by atoms with Gasteiger partial charge in [-0.05, 0) is 39.7 Å². The smallest absolute Gasteiger partial charge is 0.232 e. The van der Waals surface area contributed by atoms with Gasteiger partial charge in [0.15, 0.2) is 5.13 Å². The molecule has 2 aromatic rings. The number of nitrogens with one attached hydrogen (secondary N) is 2. The highest BCUT2D eigenvalue weighted by molar-refractivity contribution is 7.15. The van der Waals surface area contributed by atoms with Crippen LogP contribution in [-0.4, -0.2) is 29.0 Å². The maximum atomic E-state index is 12.3. The van der Waals surface area contributed by atoms with Crippen molar-refractivity contribution in [3.8, 4) is 5.75 Å². The van der Waals surface area contributed by atoms with Crippen LogP contribution >= 0.6 is 11.3 Å². The highest BCUT2D eigenvalue weighted by atomic mass is 32.1. The molecule has 3 rings (SSSR count). The number of carbonyl (C=O) groups is 1. The van der Waals surface area contributed by atoms with Crippen molar-refractivity contribution in [3.63, 3.8) is 0 Å². The molecule has 0 aliphatic heterocycles. The lowest BCUT2D eigenvalue weighted by molar-refractivity contribution is -0.115. The molecule has 2 N–H and O–H groups in total. The number of aromatic nitrogens is 2.